The molecule has 0 aliphatic carbocycles. The van der Waals surface area contributed by atoms with Gasteiger partial charge in [-0.15, -0.1) is 0 Å². The number of phenolic OH excluding ortho intramolecular Hbond substituents is 1. The zero-order chi connectivity index (χ0) is 31.7. The fourth-order valence-corrected chi connectivity index (χ4v) is 6.32. The summed E-state index contributed by atoms with van der Waals surface area (Å²) >= 11 is 6.19. The second-order valence-electron chi connectivity index (χ2n) is 10.8. The van der Waals surface area contributed by atoms with Crippen LogP contribution in [0.3, 0.4) is 0 Å². The number of aromatic hydroxyl groups is 1. The third-order valence-electron chi connectivity index (χ3n) is 7.10. The lowest BCUT2D eigenvalue weighted by molar-refractivity contribution is 0.0752. The average molecular weight is 637 g/mol. The van der Waals surface area contributed by atoms with Crippen molar-refractivity contribution in [2.24, 2.45) is 0 Å². The number of carbonyl (C=O) groups is 2. The molecule has 2 amide bonds. The minimum Gasteiger partial charge on any atom is -0.506 e. The van der Waals surface area contributed by atoms with Gasteiger partial charge in [-0.1, -0.05) is 102 Å². The van der Waals surface area contributed by atoms with Crippen LogP contribution in [0.5, 0.6) is 5.75 Å². The summed E-state index contributed by atoms with van der Waals surface area (Å²) in [5, 5.41) is 10.3. The topological polar surface area (TPSA) is 128 Å². The van der Waals surface area contributed by atoms with Crippen LogP contribution in [0.2, 0.25) is 5.02 Å². The van der Waals surface area contributed by atoms with E-state index in [0.717, 1.165) is 32.1 Å². The molecule has 0 heterocycles. The summed E-state index contributed by atoms with van der Waals surface area (Å²) in [6.07, 6.45) is 13.5. The van der Waals surface area contributed by atoms with Crippen LogP contribution in [0.25, 0.3) is 0 Å². The Kier molecular flexibility index (Phi) is 16.5. The number of rotatable bonds is 21. The second kappa shape index (κ2) is 19.5. The average Bonchev–Trinajstić information content (AvgIpc) is 2.98. The number of anilines is 1. The highest BCUT2D eigenvalue weighted by atomic mass is 35.5. The Balaban J connectivity index is 2.01. The van der Waals surface area contributed by atoms with E-state index in [0.29, 0.717) is 19.6 Å². The van der Waals surface area contributed by atoms with E-state index in [1.54, 1.807) is 11.0 Å². The molecule has 0 saturated carbocycles. The number of hydrogen-bond donors (Lipinski definition) is 4. The Morgan fingerprint density at radius 3 is 2.00 bits per heavy atom. The van der Waals surface area contributed by atoms with Gasteiger partial charge in [-0.2, -0.15) is 0 Å². The molecule has 240 valence electrons. The molecular formula is C32H49ClN4O5S. The maximum Gasteiger partial charge on any atom is 0.266 e. The molecule has 0 aliphatic heterocycles. The van der Waals surface area contributed by atoms with Gasteiger partial charge >= 0.3 is 0 Å². The van der Waals surface area contributed by atoms with Crippen molar-refractivity contribution in [3.05, 3.63) is 52.5 Å². The minimum absolute atomic E-state index is 0.00612. The van der Waals surface area contributed by atoms with E-state index in [1.165, 1.54) is 75.3 Å². The number of phenols is 1. The van der Waals surface area contributed by atoms with Crippen molar-refractivity contribution in [3.63, 3.8) is 0 Å². The van der Waals surface area contributed by atoms with Crippen LogP contribution in [0, 0.1) is 0 Å². The van der Waals surface area contributed by atoms with Gasteiger partial charge in [0.05, 0.1) is 21.8 Å². The fraction of sp³-hybridized carbons (Fsp3) is 0.562. The highest BCUT2D eigenvalue weighted by molar-refractivity contribution is 7.92. The van der Waals surface area contributed by atoms with Gasteiger partial charge in [0, 0.05) is 19.6 Å². The SMILES string of the molecule is CCCCCCCCCCCCNNC(=O)c1ccccc1S(=O)(=O)Nc1cc(Cl)c(O)c(C(=O)N(CCC)CCC)c1. The Morgan fingerprint density at radius 1 is 0.814 bits per heavy atom. The standard InChI is InChI=1S/C32H49ClN4O5S/c1-4-7-8-9-10-11-12-13-14-17-20-34-35-31(39)26-18-15-16-19-29(26)43(41,42)36-25-23-27(30(38)28(33)24-25)32(40)37(21-5-2)22-6-3/h15-16,18-19,23-24,34,36,38H,4-14,17,20-22H2,1-3H3,(H,35,39). The first-order valence-electron chi connectivity index (χ1n) is 15.6. The van der Waals surface area contributed by atoms with Gasteiger partial charge in [0.25, 0.3) is 21.8 Å². The van der Waals surface area contributed by atoms with E-state index in [4.69, 9.17) is 11.6 Å². The van der Waals surface area contributed by atoms with Crippen LogP contribution in [0.4, 0.5) is 5.69 Å². The monoisotopic (exact) mass is 636 g/mol. The van der Waals surface area contributed by atoms with Crippen LogP contribution >= 0.6 is 11.6 Å². The molecule has 4 N–H and O–H groups in total. The molecule has 0 saturated heterocycles. The summed E-state index contributed by atoms with van der Waals surface area (Å²) < 4.78 is 29.2. The normalized spacial score (nSPS) is 11.3. The molecule has 0 atom stereocenters. The summed E-state index contributed by atoms with van der Waals surface area (Å²) in [5.41, 5.74) is 5.35. The van der Waals surface area contributed by atoms with Crippen LogP contribution in [0.1, 0.15) is 119 Å². The number of benzene rings is 2. The summed E-state index contributed by atoms with van der Waals surface area (Å²) in [6.45, 7) is 7.64. The number of sulfonamides is 1. The molecule has 11 heteroatoms. The number of carbonyl (C=O) groups excluding carboxylic acids is 2. The van der Waals surface area contributed by atoms with Crippen LogP contribution < -0.4 is 15.6 Å². The van der Waals surface area contributed by atoms with Crippen molar-refractivity contribution >= 4 is 39.1 Å². The smallest absolute Gasteiger partial charge is 0.266 e. The number of nitrogens with one attached hydrogen (secondary N) is 3. The van der Waals surface area contributed by atoms with E-state index in [-0.39, 0.29) is 26.7 Å². The third-order valence-corrected chi connectivity index (χ3v) is 8.83. The fourth-order valence-electron chi connectivity index (χ4n) is 4.86. The van der Waals surface area contributed by atoms with E-state index in [9.17, 15) is 23.1 Å². The minimum atomic E-state index is -4.26. The first-order chi connectivity index (χ1) is 20.7. The number of amides is 2. The quantitative estimate of drug-likeness (QED) is 0.0648. The zero-order valence-corrected chi connectivity index (χ0v) is 27.5. The van der Waals surface area contributed by atoms with Crippen molar-refractivity contribution in [1.29, 1.82) is 0 Å². The number of halogens is 1. The first kappa shape index (κ1) is 36.4. The molecule has 0 spiro atoms. The second-order valence-corrected chi connectivity index (χ2v) is 12.9. The molecule has 0 aliphatic rings. The van der Waals surface area contributed by atoms with Crippen molar-refractivity contribution < 1.29 is 23.1 Å². The Bertz CT molecular complexity index is 1270. The lowest BCUT2D eigenvalue weighted by atomic mass is 10.1. The molecule has 9 nitrogen and oxygen atoms in total. The predicted octanol–water partition coefficient (Wildman–Crippen LogP) is 7.26. The maximum atomic E-state index is 13.4. The summed E-state index contributed by atoms with van der Waals surface area (Å²) in [6, 6.07) is 8.35. The summed E-state index contributed by atoms with van der Waals surface area (Å²) in [4.78, 5) is 27.4. The van der Waals surface area contributed by atoms with Crippen molar-refractivity contribution in [1.82, 2.24) is 15.8 Å². The van der Waals surface area contributed by atoms with Crippen molar-refractivity contribution in [2.45, 2.75) is 103 Å². The van der Waals surface area contributed by atoms with E-state index >= 15 is 0 Å². The Morgan fingerprint density at radius 2 is 1.40 bits per heavy atom. The van der Waals surface area contributed by atoms with Gasteiger partial charge in [0.2, 0.25) is 0 Å². The van der Waals surface area contributed by atoms with E-state index < -0.39 is 27.6 Å². The zero-order valence-electron chi connectivity index (χ0n) is 25.9. The lowest BCUT2D eigenvalue weighted by Gasteiger charge is -2.22. The molecule has 43 heavy (non-hydrogen) atoms. The largest absolute Gasteiger partial charge is 0.506 e. The highest BCUT2D eigenvalue weighted by Crippen LogP contribution is 2.33. The number of nitrogens with zero attached hydrogens (tertiary/aromatic N) is 1. The van der Waals surface area contributed by atoms with Crippen molar-refractivity contribution in [2.75, 3.05) is 24.4 Å². The number of hydrazine groups is 1. The molecule has 2 aromatic carbocycles. The molecule has 0 bridgehead atoms. The molecule has 0 unspecified atom stereocenters. The van der Waals surface area contributed by atoms with Gasteiger partial charge < -0.3 is 10.0 Å². The van der Waals surface area contributed by atoms with E-state index in [2.05, 4.69) is 22.5 Å². The molecule has 0 radical (unpaired) electrons. The summed E-state index contributed by atoms with van der Waals surface area (Å²) in [7, 11) is -4.26. The van der Waals surface area contributed by atoms with Gasteiger partial charge in [-0.3, -0.25) is 19.7 Å². The molecule has 2 aromatic rings. The Labute approximate surface area is 262 Å². The molecule has 2 rings (SSSR count). The van der Waals surface area contributed by atoms with Gasteiger partial charge in [-0.05, 0) is 43.5 Å². The molecular weight excluding hydrogens is 588 g/mol. The predicted molar refractivity (Wildman–Crippen MR) is 174 cm³/mol. The van der Waals surface area contributed by atoms with Gasteiger partial charge in [-0.25, -0.2) is 13.8 Å². The number of unbranched alkanes of at least 4 members (excludes halogenated alkanes) is 9. The van der Waals surface area contributed by atoms with Gasteiger partial charge in [0.15, 0.2) is 0 Å². The highest BCUT2D eigenvalue weighted by Gasteiger charge is 2.25. The Hall–Kier alpha value is -2.82. The lowest BCUT2D eigenvalue weighted by Crippen LogP contribution is -2.38. The van der Waals surface area contributed by atoms with Gasteiger partial charge in [0.1, 0.15) is 10.6 Å². The molecule has 0 aromatic heterocycles. The van der Waals surface area contributed by atoms with Crippen LogP contribution in [0.15, 0.2) is 41.3 Å². The third kappa shape index (κ3) is 12.0. The van der Waals surface area contributed by atoms with Crippen LogP contribution in [-0.4, -0.2) is 49.9 Å². The van der Waals surface area contributed by atoms with Crippen LogP contribution in [-0.2, 0) is 10.0 Å². The molecule has 0 fully saturated rings. The maximum absolute atomic E-state index is 13.4. The van der Waals surface area contributed by atoms with E-state index in [1.807, 2.05) is 13.8 Å². The summed E-state index contributed by atoms with van der Waals surface area (Å²) in [5.74, 6) is -1.44. The van der Waals surface area contributed by atoms with Crippen molar-refractivity contribution in [3.8, 4) is 5.75 Å². The number of hydrogen-bond acceptors (Lipinski definition) is 6. The first-order valence-corrected chi connectivity index (χ1v) is 17.5.